The molecule has 0 spiro atoms. The highest BCUT2D eigenvalue weighted by Gasteiger charge is 2.01. The number of fused-ring (bicyclic) bond motifs is 1. The Hall–Kier alpha value is -2.30. The molecule has 0 aliphatic rings. The zero-order valence-electron chi connectivity index (χ0n) is 7.78. The van der Waals surface area contributed by atoms with Crippen LogP contribution in [0.3, 0.4) is 0 Å². The highest BCUT2D eigenvalue weighted by Crippen LogP contribution is 2.08. The van der Waals surface area contributed by atoms with Gasteiger partial charge in [-0.15, -0.1) is 10.2 Å². The van der Waals surface area contributed by atoms with Crippen LogP contribution >= 0.6 is 0 Å². The van der Waals surface area contributed by atoms with Crippen LogP contribution in [0.1, 0.15) is 0 Å². The molecule has 3 rings (SSSR count). The average molecular weight is 197 g/mol. The van der Waals surface area contributed by atoms with Gasteiger partial charge in [-0.2, -0.15) is 0 Å². The van der Waals surface area contributed by atoms with Gasteiger partial charge in [0.2, 0.25) is 0 Å². The van der Waals surface area contributed by atoms with E-state index in [1.807, 2.05) is 24.3 Å². The van der Waals surface area contributed by atoms with E-state index < -0.39 is 0 Å². The Morgan fingerprint density at radius 1 is 1.00 bits per heavy atom. The highest BCUT2D eigenvalue weighted by molar-refractivity contribution is 5.73. The van der Waals surface area contributed by atoms with E-state index in [0.29, 0.717) is 5.95 Å². The molecule has 2 aromatic heterocycles. The molecular weight excluding hydrogens is 190 g/mol. The fourth-order valence-corrected chi connectivity index (χ4v) is 1.36. The molecule has 72 valence electrons. The molecular formula is C10H7N5. The van der Waals surface area contributed by atoms with Gasteiger partial charge in [0.25, 0.3) is 5.95 Å². The lowest BCUT2D eigenvalue weighted by Crippen LogP contribution is -2.00. The second kappa shape index (κ2) is 3.13. The maximum absolute atomic E-state index is 4.37. The van der Waals surface area contributed by atoms with Crippen LogP contribution in [0, 0.1) is 0 Å². The topological polar surface area (TPSA) is 56.5 Å². The summed E-state index contributed by atoms with van der Waals surface area (Å²) in [7, 11) is 0. The summed E-state index contributed by atoms with van der Waals surface area (Å²) in [5.74, 6) is 0.534. The standard InChI is InChI=1S/C10H7N5/c1-2-4-9-8(3-1)12-10(14-13-9)15-6-5-11-7-15/h1-7H. The molecule has 0 aliphatic carbocycles. The molecule has 2 heterocycles. The van der Waals surface area contributed by atoms with E-state index >= 15 is 0 Å². The summed E-state index contributed by atoms with van der Waals surface area (Å²) >= 11 is 0. The summed E-state index contributed by atoms with van der Waals surface area (Å²) in [5.41, 5.74) is 1.62. The number of hydrogen-bond acceptors (Lipinski definition) is 4. The summed E-state index contributed by atoms with van der Waals surface area (Å²) in [6.45, 7) is 0. The van der Waals surface area contributed by atoms with Crippen molar-refractivity contribution in [3.8, 4) is 5.95 Å². The minimum absolute atomic E-state index is 0.534. The van der Waals surface area contributed by atoms with Crippen LogP contribution in [0.5, 0.6) is 0 Å². The van der Waals surface area contributed by atoms with Gasteiger partial charge in [-0.3, -0.25) is 4.57 Å². The number of hydrogen-bond donors (Lipinski definition) is 0. The number of rotatable bonds is 1. The van der Waals surface area contributed by atoms with Gasteiger partial charge in [-0.1, -0.05) is 12.1 Å². The lowest BCUT2D eigenvalue weighted by Gasteiger charge is -1.99. The van der Waals surface area contributed by atoms with Crippen LogP contribution in [0.15, 0.2) is 43.0 Å². The van der Waals surface area contributed by atoms with Crippen molar-refractivity contribution in [3.63, 3.8) is 0 Å². The first-order valence-corrected chi connectivity index (χ1v) is 4.51. The summed E-state index contributed by atoms with van der Waals surface area (Å²) in [6.07, 6.45) is 5.11. The Bertz CT molecular complexity index is 588. The largest absolute Gasteiger partial charge is 0.273 e. The molecule has 0 saturated heterocycles. The number of benzene rings is 1. The summed E-state index contributed by atoms with van der Waals surface area (Å²) in [6, 6.07) is 7.63. The third kappa shape index (κ3) is 1.34. The predicted molar refractivity (Wildman–Crippen MR) is 54.5 cm³/mol. The second-order valence-electron chi connectivity index (χ2n) is 3.07. The van der Waals surface area contributed by atoms with E-state index in [4.69, 9.17) is 0 Å². The maximum atomic E-state index is 4.37. The van der Waals surface area contributed by atoms with Crippen molar-refractivity contribution < 1.29 is 0 Å². The minimum Gasteiger partial charge on any atom is -0.273 e. The lowest BCUT2D eigenvalue weighted by molar-refractivity contribution is 0.880. The Balaban J connectivity index is 2.22. The van der Waals surface area contributed by atoms with Crippen LogP contribution in [0.2, 0.25) is 0 Å². The summed E-state index contributed by atoms with van der Waals surface area (Å²) in [4.78, 5) is 8.30. The molecule has 1 aromatic carbocycles. The molecule has 3 aromatic rings. The van der Waals surface area contributed by atoms with Crippen molar-refractivity contribution in [2.24, 2.45) is 0 Å². The molecule has 0 bridgehead atoms. The zero-order chi connectivity index (χ0) is 10.1. The molecule has 0 unspecified atom stereocenters. The molecule has 0 radical (unpaired) electrons. The second-order valence-corrected chi connectivity index (χ2v) is 3.07. The van der Waals surface area contributed by atoms with Crippen LogP contribution in [0.4, 0.5) is 0 Å². The van der Waals surface area contributed by atoms with Crippen LogP contribution in [-0.4, -0.2) is 24.7 Å². The van der Waals surface area contributed by atoms with Crippen molar-refractivity contribution >= 4 is 11.0 Å². The molecule has 0 atom stereocenters. The van der Waals surface area contributed by atoms with Crippen molar-refractivity contribution in [3.05, 3.63) is 43.0 Å². The molecule has 15 heavy (non-hydrogen) atoms. The number of nitrogens with zero attached hydrogens (tertiary/aromatic N) is 5. The first-order valence-electron chi connectivity index (χ1n) is 4.51. The molecule has 0 N–H and O–H groups in total. The number of aromatic nitrogens is 5. The van der Waals surface area contributed by atoms with Gasteiger partial charge in [-0.05, 0) is 12.1 Å². The minimum atomic E-state index is 0.534. The Labute approximate surface area is 85.4 Å². The predicted octanol–water partition coefficient (Wildman–Crippen LogP) is 1.21. The third-order valence-electron chi connectivity index (χ3n) is 2.08. The van der Waals surface area contributed by atoms with Crippen LogP contribution < -0.4 is 0 Å². The zero-order valence-corrected chi connectivity index (χ0v) is 7.78. The first kappa shape index (κ1) is 8.05. The number of imidazole rings is 1. The van der Waals surface area contributed by atoms with Gasteiger partial charge in [0, 0.05) is 12.4 Å². The molecule has 0 fully saturated rings. The Morgan fingerprint density at radius 2 is 1.87 bits per heavy atom. The molecule has 5 nitrogen and oxygen atoms in total. The fraction of sp³-hybridized carbons (Fsp3) is 0. The summed E-state index contributed by atoms with van der Waals surface area (Å²) in [5, 5.41) is 8.09. The fourth-order valence-electron chi connectivity index (χ4n) is 1.36. The Kier molecular flexibility index (Phi) is 1.68. The SMILES string of the molecule is c1ccc2nc(-n3ccnc3)nnc2c1. The van der Waals surface area contributed by atoms with Crippen molar-refractivity contribution in [1.82, 2.24) is 24.7 Å². The van der Waals surface area contributed by atoms with Gasteiger partial charge in [-0.25, -0.2) is 9.97 Å². The van der Waals surface area contributed by atoms with Crippen molar-refractivity contribution in [2.75, 3.05) is 0 Å². The lowest BCUT2D eigenvalue weighted by atomic mass is 10.3. The smallest absolute Gasteiger partial charge is 0.255 e. The molecule has 0 saturated carbocycles. The van der Waals surface area contributed by atoms with Crippen molar-refractivity contribution in [1.29, 1.82) is 0 Å². The number of para-hydroxylation sites is 1. The summed E-state index contributed by atoms with van der Waals surface area (Å²) < 4.78 is 1.72. The van der Waals surface area contributed by atoms with Crippen LogP contribution in [0.25, 0.3) is 17.0 Å². The van der Waals surface area contributed by atoms with Gasteiger partial charge in [0.1, 0.15) is 11.8 Å². The normalized spacial score (nSPS) is 10.7. The maximum Gasteiger partial charge on any atom is 0.255 e. The Morgan fingerprint density at radius 3 is 2.67 bits per heavy atom. The van der Waals surface area contributed by atoms with E-state index in [1.54, 1.807) is 23.3 Å². The van der Waals surface area contributed by atoms with Gasteiger partial charge >= 0.3 is 0 Å². The highest BCUT2D eigenvalue weighted by atomic mass is 15.3. The van der Waals surface area contributed by atoms with Gasteiger partial charge in [0.05, 0.1) is 5.52 Å². The van der Waals surface area contributed by atoms with E-state index in [0.717, 1.165) is 11.0 Å². The van der Waals surface area contributed by atoms with Crippen LogP contribution in [-0.2, 0) is 0 Å². The monoisotopic (exact) mass is 197 g/mol. The molecule has 5 heteroatoms. The van der Waals surface area contributed by atoms with E-state index in [9.17, 15) is 0 Å². The third-order valence-corrected chi connectivity index (χ3v) is 2.08. The van der Waals surface area contributed by atoms with Gasteiger partial charge < -0.3 is 0 Å². The molecule has 0 amide bonds. The molecule has 0 aliphatic heterocycles. The van der Waals surface area contributed by atoms with E-state index in [-0.39, 0.29) is 0 Å². The average Bonchev–Trinajstić information content (AvgIpc) is 2.82. The first-order chi connectivity index (χ1) is 7.43. The quantitative estimate of drug-likeness (QED) is 0.588. The van der Waals surface area contributed by atoms with E-state index in [2.05, 4.69) is 20.2 Å². The van der Waals surface area contributed by atoms with Crippen molar-refractivity contribution in [2.45, 2.75) is 0 Å². The van der Waals surface area contributed by atoms with Gasteiger partial charge in [0.15, 0.2) is 0 Å². The van der Waals surface area contributed by atoms with E-state index in [1.165, 1.54) is 0 Å².